The monoisotopic (exact) mass is 514 g/mol. The van der Waals surface area contributed by atoms with E-state index in [1.807, 2.05) is 17.8 Å². The van der Waals surface area contributed by atoms with E-state index in [4.69, 9.17) is 0 Å². The van der Waals surface area contributed by atoms with Crippen molar-refractivity contribution in [1.82, 2.24) is 0 Å². The Morgan fingerprint density at radius 1 is 1.03 bits per heavy atom. The van der Waals surface area contributed by atoms with Crippen molar-refractivity contribution >= 4 is 34.4 Å². The van der Waals surface area contributed by atoms with Crippen LogP contribution in [0, 0.1) is 20.8 Å². The molecule has 0 saturated carbocycles. The number of fused-ring (bicyclic) bond motifs is 2. The van der Waals surface area contributed by atoms with E-state index in [9.17, 15) is 0 Å². The molecule has 0 amide bonds. The summed E-state index contributed by atoms with van der Waals surface area (Å²) in [5, 5.41) is 2.54. The minimum atomic E-state index is 0. The van der Waals surface area contributed by atoms with Gasteiger partial charge in [0.15, 0.2) is 0 Å². The topological polar surface area (TPSA) is 7.12 Å². The van der Waals surface area contributed by atoms with Crippen LogP contribution < -0.4 is 33.4 Å². The summed E-state index contributed by atoms with van der Waals surface area (Å²) in [6.45, 7) is 14.5. The van der Waals surface area contributed by atoms with Gasteiger partial charge >= 0.3 is 0 Å². The predicted molar refractivity (Wildman–Crippen MR) is 122 cm³/mol. The third-order valence-corrected chi connectivity index (χ3v) is 6.56. The fraction of sp³-hybridized carbons (Fsp3) is 0.240. The molecule has 1 aliphatic rings. The second kappa shape index (κ2) is 8.92. The Morgan fingerprint density at radius 2 is 1.76 bits per heavy atom. The van der Waals surface area contributed by atoms with Gasteiger partial charge in [0.1, 0.15) is 6.54 Å². The molecule has 0 fully saturated rings. The molecule has 0 saturated heterocycles. The molecule has 2 heterocycles. The van der Waals surface area contributed by atoms with Crippen LogP contribution in [-0.4, -0.2) is 6.54 Å². The molecule has 0 bridgehead atoms. The van der Waals surface area contributed by atoms with Gasteiger partial charge in [-0.3, -0.25) is 0 Å². The van der Waals surface area contributed by atoms with Gasteiger partial charge in [-0.1, -0.05) is 23.9 Å². The molecular formula is C25H27IN2S. The van der Waals surface area contributed by atoms with E-state index in [0.29, 0.717) is 0 Å². The van der Waals surface area contributed by atoms with Gasteiger partial charge in [0.05, 0.1) is 10.7 Å². The van der Waals surface area contributed by atoms with E-state index in [2.05, 4.69) is 92.3 Å². The maximum Gasteiger partial charge on any atom is 0.213 e. The van der Waals surface area contributed by atoms with Crippen molar-refractivity contribution in [2.75, 3.05) is 11.4 Å². The van der Waals surface area contributed by atoms with Gasteiger partial charge in [0, 0.05) is 35.0 Å². The number of thioether (sulfide) groups is 1. The van der Waals surface area contributed by atoms with Gasteiger partial charge in [0.2, 0.25) is 11.2 Å². The number of aromatic nitrogens is 1. The molecule has 0 atom stereocenters. The average molecular weight is 514 g/mol. The largest absolute Gasteiger partial charge is 1.00 e. The van der Waals surface area contributed by atoms with Gasteiger partial charge in [-0.25, -0.2) is 0 Å². The Bertz CT molecular complexity index is 1120. The number of pyridine rings is 1. The van der Waals surface area contributed by atoms with E-state index in [0.717, 1.165) is 13.1 Å². The van der Waals surface area contributed by atoms with Gasteiger partial charge in [-0.2, -0.15) is 4.57 Å². The van der Waals surface area contributed by atoms with Crippen molar-refractivity contribution in [3.05, 3.63) is 82.5 Å². The standard InChI is InChI=1S/C25H27N2S.HI/c1-6-12-27-23-14-18(4)19(5)15-24(23)28-25(27)16-21-11-10-20-9-8-17(3)13-22(20)26(21)7-2;/h6,8-11,13-16H,1,7,12H2,2-5H3;1H/q+1;/p-1. The van der Waals surface area contributed by atoms with Gasteiger partial charge in [-0.05, 0) is 68.7 Å². The summed E-state index contributed by atoms with van der Waals surface area (Å²) in [6.07, 6.45) is 4.31. The Morgan fingerprint density at radius 3 is 2.48 bits per heavy atom. The highest BCUT2D eigenvalue weighted by Gasteiger charge is 2.26. The maximum atomic E-state index is 3.98. The van der Waals surface area contributed by atoms with Crippen LogP contribution in [0.1, 0.15) is 29.3 Å². The number of hydrogen-bond acceptors (Lipinski definition) is 2. The summed E-state index contributed by atoms with van der Waals surface area (Å²) in [6, 6.07) is 15.8. The zero-order valence-electron chi connectivity index (χ0n) is 17.5. The van der Waals surface area contributed by atoms with Crippen LogP contribution in [-0.2, 0) is 6.54 Å². The van der Waals surface area contributed by atoms with Crippen molar-refractivity contribution in [3.8, 4) is 0 Å². The molecule has 150 valence electrons. The lowest BCUT2D eigenvalue weighted by Gasteiger charge is -2.19. The van der Waals surface area contributed by atoms with Crippen molar-refractivity contribution < 1.29 is 28.5 Å². The van der Waals surface area contributed by atoms with E-state index < -0.39 is 0 Å². The summed E-state index contributed by atoms with van der Waals surface area (Å²) in [4.78, 5) is 3.70. The molecule has 29 heavy (non-hydrogen) atoms. The zero-order chi connectivity index (χ0) is 19.8. The van der Waals surface area contributed by atoms with Crippen LogP contribution in [0.3, 0.4) is 0 Å². The van der Waals surface area contributed by atoms with Crippen molar-refractivity contribution in [2.45, 2.75) is 39.1 Å². The first-order valence-electron chi connectivity index (χ1n) is 9.84. The number of hydrogen-bond donors (Lipinski definition) is 0. The number of halogens is 1. The first-order chi connectivity index (χ1) is 13.5. The van der Waals surface area contributed by atoms with Crippen LogP contribution in [0.2, 0.25) is 0 Å². The second-order valence-electron chi connectivity index (χ2n) is 7.45. The van der Waals surface area contributed by atoms with E-state index in [-0.39, 0.29) is 24.0 Å². The molecule has 3 aromatic rings. The second-order valence-corrected chi connectivity index (χ2v) is 8.52. The van der Waals surface area contributed by atoms with Gasteiger partial charge in [-0.15, -0.1) is 6.58 Å². The van der Waals surface area contributed by atoms with Gasteiger partial charge in [0.25, 0.3) is 0 Å². The quantitative estimate of drug-likeness (QED) is 0.300. The summed E-state index contributed by atoms with van der Waals surface area (Å²) in [7, 11) is 0. The molecule has 4 heteroatoms. The molecule has 1 aliphatic heterocycles. The molecular weight excluding hydrogens is 487 g/mol. The van der Waals surface area contributed by atoms with Crippen molar-refractivity contribution in [1.29, 1.82) is 0 Å². The van der Waals surface area contributed by atoms with Crippen molar-refractivity contribution in [3.63, 3.8) is 0 Å². The summed E-state index contributed by atoms with van der Waals surface area (Å²) in [5.41, 5.74) is 7.79. The van der Waals surface area contributed by atoms with E-state index in [1.54, 1.807) is 0 Å². The first kappa shape index (κ1) is 21.9. The fourth-order valence-electron chi connectivity index (χ4n) is 3.82. The predicted octanol–water partition coefficient (Wildman–Crippen LogP) is 3.17. The lowest BCUT2D eigenvalue weighted by Crippen LogP contribution is -3.00. The van der Waals surface area contributed by atoms with Crippen LogP contribution >= 0.6 is 11.8 Å². The molecule has 0 N–H and O–H groups in total. The number of benzene rings is 2. The SMILES string of the molecule is C=CCN1/C(=C/c2ccc3ccc(C)cc3[n+]2CC)Sc2cc(C)c(C)cc21.[I-]. The highest BCUT2D eigenvalue weighted by atomic mass is 127. The minimum Gasteiger partial charge on any atom is -1.00 e. The van der Waals surface area contributed by atoms with E-state index >= 15 is 0 Å². The average Bonchev–Trinajstić information content (AvgIpc) is 2.98. The molecule has 0 spiro atoms. The van der Waals surface area contributed by atoms with Crippen LogP contribution in [0.15, 0.2) is 65.0 Å². The number of nitrogens with zero attached hydrogens (tertiary/aromatic N) is 2. The number of aryl methyl sites for hydroxylation is 4. The Kier molecular flexibility index (Phi) is 6.74. The lowest BCUT2D eigenvalue weighted by atomic mass is 10.1. The maximum absolute atomic E-state index is 3.98. The Labute approximate surface area is 195 Å². The van der Waals surface area contributed by atoms with Crippen LogP contribution in [0.4, 0.5) is 5.69 Å². The number of rotatable bonds is 4. The van der Waals surface area contributed by atoms with E-state index in [1.165, 1.54) is 48.9 Å². The summed E-state index contributed by atoms with van der Waals surface area (Å²) < 4.78 is 2.40. The smallest absolute Gasteiger partial charge is 0.213 e. The third-order valence-electron chi connectivity index (χ3n) is 5.47. The van der Waals surface area contributed by atoms with Crippen molar-refractivity contribution in [2.24, 2.45) is 0 Å². The lowest BCUT2D eigenvalue weighted by molar-refractivity contribution is -0.669. The molecule has 0 aliphatic carbocycles. The molecule has 2 aromatic carbocycles. The molecule has 4 rings (SSSR count). The molecule has 0 radical (unpaired) electrons. The van der Waals surface area contributed by atoms with Crippen LogP contribution in [0.5, 0.6) is 0 Å². The highest BCUT2D eigenvalue weighted by Crippen LogP contribution is 2.47. The summed E-state index contributed by atoms with van der Waals surface area (Å²) >= 11 is 1.86. The highest BCUT2D eigenvalue weighted by molar-refractivity contribution is 8.03. The first-order valence-corrected chi connectivity index (χ1v) is 10.7. The molecule has 1 aromatic heterocycles. The fourth-order valence-corrected chi connectivity index (χ4v) is 5.01. The normalized spacial score (nSPS) is 14.2. The molecule has 0 unspecified atom stereocenters. The van der Waals surface area contributed by atoms with Gasteiger partial charge < -0.3 is 28.9 Å². The number of anilines is 1. The molecule has 2 nitrogen and oxygen atoms in total. The summed E-state index contributed by atoms with van der Waals surface area (Å²) in [5.74, 6) is 0. The van der Waals surface area contributed by atoms with Crippen LogP contribution in [0.25, 0.3) is 17.0 Å². The minimum absolute atomic E-state index is 0. The Hall–Kier alpha value is -1.79. The Balaban J connectivity index is 0.00000240. The zero-order valence-corrected chi connectivity index (χ0v) is 20.5. The third kappa shape index (κ3) is 4.10.